The van der Waals surface area contributed by atoms with Crippen molar-refractivity contribution in [3.63, 3.8) is 0 Å². The van der Waals surface area contributed by atoms with Crippen molar-refractivity contribution in [1.29, 1.82) is 0 Å². The van der Waals surface area contributed by atoms with Crippen LogP contribution in [0.1, 0.15) is 37.4 Å². The van der Waals surface area contributed by atoms with Crippen molar-refractivity contribution in [2.24, 2.45) is 0 Å². The van der Waals surface area contributed by atoms with Crippen molar-refractivity contribution in [3.05, 3.63) is 70.3 Å². The van der Waals surface area contributed by atoms with Crippen LogP contribution in [-0.2, 0) is 0 Å². The molecule has 0 atom stereocenters. The number of benzene rings is 2. The molecule has 0 aromatic heterocycles. The molecule has 0 aliphatic heterocycles. The summed E-state index contributed by atoms with van der Waals surface area (Å²) in [6.07, 6.45) is 0. The van der Waals surface area contributed by atoms with Crippen molar-refractivity contribution in [1.82, 2.24) is 0 Å². The summed E-state index contributed by atoms with van der Waals surface area (Å²) in [4.78, 5) is 23.4. The summed E-state index contributed by atoms with van der Waals surface area (Å²) in [5.74, 6) is -1.17. The lowest BCUT2D eigenvalue weighted by atomic mass is 9.96. The second-order valence-electron chi connectivity index (χ2n) is 4.54. The topological polar surface area (TPSA) is 54.4 Å². The molecule has 1 N–H and O–H groups in total. The highest BCUT2D eigenvalue weighted by Gasteiger charge is 2.14. The van der Waals surface area contributed by atoms with Gasteiger partial charge in [0.25, 0.3) is 0 Å². The molecule has 0 unspecified atom stereocenters. The van der Waals surface area contributed by atoms with E-state index >= 15 is 0 Å². The van der Waals surface area contributed by atoms with Crippen molar-refractivity contribution in [3.8, 4) is 0 Å². The van der Waals surface area contributed by atoms with Crippen LogP contribution in [0.15, 0.2) is 42.5 Å². The molecule has 0 amide bonds. The second-order valence-corrected chi connectivity index (χ2v) is 4.54. The average Bonchev–Trinajstić information content (AvgIpc) is 2.37. The van der Waals surface area contributed by atoms with E-state index in [1.54, 1.807) is 31.2 Å². The summed E-state index contributed by atoms with van der Waals surface area (Å²) in [6, 6.07) is 12.0. The van der Waals surface area contributed by atoms with Crippen LogP contribution >= 0.6 is 0 Å². The predicted octanol–water partition coefficient (Wildman–Crippen LogP) is 3.23. The normalized spacial score (nSPS) is 10.2. The molecule has 0 spiro atoms. The largest absolute Gasteiger partial charge is 0.478 e. The van der Waals surface area contributed by atoms with Gasteiger partial charge < -0.3 is 5.11 Å². The Bertz CT molecular complexity index is 657. The lowest BCUT2D eigenvalue weighted by molar-refractivity contribution is 0.0696. The van der Waals surface area contributed by atoms with Gasteiger partial charge in [0.15, 0.2) is 5.78 Å². The average molecular weight is 254 g/mol. The molecule has 0 aliphatic carbocycles. The molecular formula is C16H14O3. The number of rotatable bonds is 3. The van der Waals surface area contributed by atoms with E-state index in [1.165, 1.54) is 6.07 Å². The number of carboxylic acids is 1. The molecule has 96 valence electrons. The van der Waals surface area contributed by atoms with Crippen molar-refractivity contribution in [2.75, 3.05) is 0 Å². The molecule has 0 fully saturated rings. The molecule has 0 bridgehead atoms. The highest BCUT2D eigenvalue weighted by Crippen LogP contribution is 2.17. The second kappa shape index (κ2) is 5.06. The third kappa shape index (κ3) is 2.71. The highest BCUT2D eigenvalue weighted by atomic mass is 16.4. The van der Waals surface area contributed by atoms with E-state index in [0.717, 1.165) is 11.1 Å². The fourth-order valence-corrected chi connectivity index (χ4v) is 2.02. The molecule has 3 heteroatoms. The Hall–Kier alpha value is -2.42. The first-order valence-electron chi connectivity index (χ1n) is 5.94. The van der Waals surface area contributed by atoms with E-state index in [9.17, 15) is 9.59 Å². The smallest absolute Gasteiger partial charge is 0.335 e. The minimum Gasteiger partial charge on any atom is -0.478 e. The van der Waals surface area contributed by atoms with Gasteiger partial charge in [-0.25, -0.2) is 4.79 Å². The molecule has 2 aromatic rings. The maximum Gasteiger partial charge on any atom is 0.335 e. The van der Waals surface area contributed by atoms with Gasteiger partial charge in [-0.1, -0.05) is 24.3 Å². The Labute approximate surface area is 111 Å². The summed E-state index contributed by atoms with van der Waals surface area (Å²) in [7, 11) is 0. The fourth-order valence-electron chi connectivity index (χ4n) is 2.02. The quantitative estimate of drug-likeness (QED) is 0.855. The van der Waals surface area contributed by atoms with Crippen LogP contribution < -0.4 is 0 Å². The number of aryl methyl sites for hydroxylation is 2. The number of ketones is 1. The van der Waals surface area contributed by atoms with E-state index in [2.05, 4.69) is 0 Å². The van der Waals surface area contributed by atoms with E-state index < -0.39 is 5.97 Å². The van der Waals surface area contributed by atoms with Crippen LogP contribution in [0.2, 0.25) is 0 Å². The van der Waals surface area contributed by atoms with Crippen LogP contribution in [0, 0.1) is 13.8 Å². The van der Waals surface area contributed by atoms with Gasteiger partial charge in [-0.05, 0) is 43.2 Å². The minimum absolute atomic E-state index is 0.136. The van der Waals surface area contributed by atoms with E-state index in [0.29, 0.717) is 11.1 Å². The number of aromatic carboxylic acids is 1. The zero-order valence-electron chi connectivity index (χ0n) is 10.8. The van der Waals surface area contributed by atoms with E-state index in [4.69, 9.17) is 5.11 Å². The number of carbonyl (C=O) groups is 2. The summed E-state index contributed by atoms with van der Waals surface area (Å²) in [5, 5.41) is 9.03. The van der Waals surface area contributed by atoms with E-state index in [1.807, 2.05) is 19.1 Å². The van der Waals surface area contributed by atoms with Crippen LogP contribution in [0.3, 0.4) is 0 Å². The molecule has 0 saturated heterocycles. The maximum atomic E-state index is 12.4. The Kier molecular flexibility index (Phi) is 3.47. The molecule has 0 radical (unpaired) electrons. The Morgan fingerprint density at radius 3 is 2.21 bits per heavy atom. The molecule has 0 aliphatic rings. The molecule has 2 aromatic carbocycles. The SMILES string of the molecule is Cc1cc(C(=O)O)cc(C(=O)c2ccccc2C)c1. The molecule has 19 heavy (non-hydrogen) atoms. The lowest BCUT2D eigenvalue weighted by Gasteiger charge is -2.07. The Balaban J connectivity index is 2.51. The third-order valence-corrected chi connectivity index (χ3v) is 2.98. The summed E-state index contributed by atoms with van der Waals surface area (Å²) < 4.78 is 0. The lowest BCUT2D eigenvalue weighted by Crippen LogP contribution is -2.06. The molecular weight excluding hydrogens is 240 g/mol. The van der Waals surface area contributed by atoms with Crippen molar-refractivity contribution < 1.29 is 14.7 Å². The Morgan fingerprint density at radius 2 is 1.58 bits per heavy atom. The van der Waals surface area contributed by atoms with Gasteiger partial charge in [0, 0.05) is 11.1 Å². The molecule has 0 saturated carbocycles. The Morgan fingerprint density at radius 1 is 0.947 bits per heavy atom. The monoisotopic (exact) mass is 254 g/mol. The van der Waals surface area contributed by atoms with Crippen LogP contribution in [-0.4, -0.2) is 16.9 Å². The first-order chi connectivity index (χ1) is 8.99. The number of carboxylic acid groups (broad SMARTS) is 1. The summed E-state index contributed by atoms with van der Waals surface area (Å²) >= 11 is 0. The minimum atomic E-state index is -1.03. The van der Waals surface area contributed by atoms with Gasteiger partial charge in [-0.2, -0.15) is 0 Å². The molecule has 3 nitrogen and oxygen atoms in total. The predicted molar refractivity (Wildman–Crippen MR) is 72.7 cm³/mol. The maximum absolute atomic E-state index is 12.4. The third-order valence-electron chi connectivity index (χ3n) is 2.98. The van der Waals surface area contributed by atoms with Crippen LogP contribution in [0.4, 0.5) is 0 Å². The number of hydrogen-bond donors (Lipinski definition) is 1. The van der Waals surface area contributed by atoms with Gasteiger partial charge in [-0.15, -0.1) is 0 Å². The van der Waals surface area contributed by atoms with Crippen LogP contribution in [0.5, 0.6) is 0 Å². The summed E-state index contributed by atoms with van der Waals surface area (Å²) in [6.45, 7) is 3.64. The molecule has 2 rings (SSSR count). The first kappa shape index (κ1) is 13.0. The zero-order chi connectivity index (χ0) is 14.0. The number of hydrogen-bond acceptors (Lipinski definition) is 2. The molecule has 0 heterocycles. The fraction of sp³-hybridized carbons (Fsp3) is 0.125. The summed E-state index contributed by atoms with van der Waals surface area (Å²) in [5.41, 5.74) is 2.79. The van der Waals surface area contributed by atoms with Gasteiger partial charge in [0.2, 0.25) is 0 Å². The van der Waals surface area contributed by atoms with E-state index in [-0.39, 0.29) is 11.3 Å². The standard InChI is InChI=1S/C16H14O3/c1-10-7-12(9-13(8-10)16(18)19)15(17)14-6-4-3-5-11(14)2/h3-9H,1-2H3,(H,18,19). The first-order valence-corrected chi connectivity index (χ1v) is 5.94. The zero-order valence-corrected chi connectivity index (χ0v) is 10.8. The van der Waals surface area contributed by atoms with Crippen molar-refractivity contribution in [2.45, 2.75) is 13.8 Å². The van der Waals surface area contributed by atoms with Crippen molar-refractivity contribution >= 4 is 11.8 Å². The van der Waals surface area contributed by atoms with Gasteiger partial charge in [0.1, 0.15) is 0 Å². The van der Waals surface area contributed by atoms with Gasteiger partial charge in [0.05, 0.1) is 5.56 Å². The van der Waals surface area contributed by atoms with Crippen LogP contribution in [0.25, 0.3) is 0 Å². The van der Waals surface area contributed by atoms with Gasteiger partial charge in [-0.3, -0.25) is 4.79 Å². The van der Waals surface area contributed by atoms with Gasteiger partial charge >= 0.3 is 5.97 Å². The number of carbonyl (C=O) groups excluding carboxylic acids is 1. The highest BCUT2D eigenvalue weighted by molar-refractivity contribution is 6.10.